The standard InChI is InChI=1S/C13H23IO2/c1-11(6-4-8-14)5-3-7-12(2)13-15-9-10-16-13/h5,12-13H,3-4,6-10H2,1-2H3/b11-5+. The molecule has 1 rings (SSSR count). The summed E-state index contributed by atoms with van der Waals surface area (Å²) in [5, 5.41) is 0. The molecule has 0 spiro atoms. The molecule has 1 atom stereocenters. The zero-order valence-electron chi connectivity index (χ0n) is 10.4. The van der Waals surface area contributed by atoms with Crippen molar-refractivity contribution in [1.29, 1.82) is 0 Å². The van der Waals surface area contributed by atoms with Crippen LogP contribution in [0, 0.1) is 5.92 Å². The molecule has 1 saturated heterocycles. The highest BCUT2D eigenvalue weighted by Crippen LogP contribution is 2.19. The Morgan fingerprint density at radius 2 is 2.12 bits per heavy atom. The monoisotopic (exact) mass is 338 g/mol. The van der Waals surface area contributed by atoms with Crippen molar-refractivity contribution >= 4 is 22.6 Å². The Hall–Kier alpha value is 0.390. The van der Waals surface area contributed by atoms with E-state index >= 15 is 0 Å². The van der Waals surface area contributed by atoms with Crippen LogP contribution in [0.2, 0.25) is 0 Å². The lowest BCUT2D eigenvalue weighted by molar-refractivity contribution is -0.0799. The molecule has 0 aliphatic carbocycles. The van der Waals surface area contributed by atoms with Crippen molar-refractivity contribution in [3.8, 4) is 0 Å². The number of ether oxygens (including phenoxy) is 2. The lowest BCUT2D eigenvalue weighted by Crippen LogP contribution is -2.18. The maximum atomic E-state index is 5.49. The third-order valence-electron chi connectivity index (χ3n) is 2.93. The number of allylic oxidation sites excluding steroid dienone is 2. The van der Waals surface area contributed by atoms with Crippen LogP contribution in [-0.4, -0.2) is 23.9 Å². The van der Waals surface area contributed by atoms with E-state index in [1.165, 1.54) is 22.8 Å². The van der Waals surface area contributed by atoms with E-state index in [2.05, 4.69) is 42.5 Å². The molecule has 0 aromatic rings. The zero-order chi connectivity index (χ0) is 11.8. The van der Waals surface area contributed by atoms with Crippen molar-refractivity contribution in [3.63, 3.8) is 0 Å². The Morgan fingerprint density at radius 1 is 1.44 bits per heavy atom. The molecule has 0 aromatic heterocycles. The summed E-state index contributed by atoms with van der Waals surface area (Å²) in [5.74, 6) is 0.510. The van der Waals surface area contributed by atoms with Crippen LogP contribution in [-0.2, 0) is 9.47 Å². The van der Waals surface area contributed by atoms with Gasteiger partial charge in [0.05, 0.1) is 13.2 Å². The van der Waals surface area contributed by atoms with E-state index in [0.29, 0.717) is 5.92 Å². The van der Waals surface area contributed by atoms with E-state index in [0.717, 1.165) is 26.1 Å². The van der Waals surface area contributed by atoms with Crippen molar-refractivity contribution < 1.29 is 9.47 Å². The Morgan fingerprint density at radius 3 is 2.75 bits per heavy atom. The molecule has 1 aliphatic heterocycles. The smallest absolute Gasteiger partial charge is 0.160 e. The summed E-state index contributed by atoms with van der Waals surface area (Å²) in [6.07, 6.45) is 7.27. The van der Waals surface area contributed by atoms with Gasteiger partial charge in [-0.3, -0.25) is 0 Å². The van der Waals surface area contributed by atoms with Gasteiger partial charge in [-0.1, -0.05) is 41.2 Å². The van der Waals surface area contributed by atoms with Crippen LogP contribution in [0.1, 0.15) is 39.5 Å². The number of alkyl halides is 1. The summed E-state index contributed by atoms with van der Waals surface area (Å²) >= 11 is 2.43. The molecule has 16 heavy (non-hydrogen) atoms. The molecule has 1 aliphatic rings. The Labute approximate surface area is 113 Å². The molecule has 0 saturated carbocycles. The third-order valence-corrected chi connectivity index (χ3v) is 3.69. The van der Waals surface area contributed by atoms with Crippen LogP contribution >= 0.6 is 22.6 Å². The number of rotatable bonds is 7. The fourth-order valence-electron chi connectivity index (χ4n) is 1.88. The minimum absolute atomic E-state index is 0.0445. The first-order valence-corrected chi connectivity index (χ1v) is 7.71. The van der Waals surface area contributed by atoms with E-state index in [1.807, 2.05) is 0 Å². The van der Waals surface area contributed by atoms with Gasteiger partial charge in [-0.25, -0.2) is 0 Å². The largest absolute Gasteiger partial charge is 0.350 e. The van der Waals surface area contributed by atoms with Gasteiger partial charge in [-0.15, -0.1) is 0 Å². The molecule has 0 bridgehead atoms. The van der Waals surface area contributed by atoms with Gasteiger partial charge in [0.2, 0.25) is 0 Å². The fraction of sp³-hybridized carbons (Fsp3) is 0.846. The normalized spacial score (nSPS) is 20.3. The molecular weight excluding hydrogens is 315 g/mol. The highest BCUT2D eigenvalue weighted by molar-refractivity contribution is 14.1. The van der Waals surface area contributed by atoms with E-state index in [1.54, 1.807) is 0 Å². The van der Waals surface area contributed by atoms with Gasteiger partial charge in [0.15, 0.2) is 6.29 Å². The SMILES string of the molecule is C/C(=C\CCC(C)C1OCCO1)CCCI. The second kappa shape index (κ2) is 8.48. The fourth-order valence-corrected chi connectivity index (χ4v) is 2.26. The summed E-state index contributed by atoms with van der Waals surface area (Å²) in [7, 11) is 0. The zero-order valence-corrected chi connectivity index (χ0v) is 12.5. The maximum Gasteiger partial charge on any atom is 0.160 e. The van der Waals surface area contributed by atoms with Gasteiger partial charge >= 0.3 is 0 Å². The van der Waals surface area contributed by atoms with Crippen LogP contribution in [0.4, 0.5) is 0 Å². The Kier molecular flexibility index (Phi) is 7.66. The summed E-state index contributed by atoms with van der Waals surface area (Å²) in [6.45, 7) is 5.97. The van der Waals surface area contributed by atoms with Crippen LogP contribution in [0.5, 0.6) is 0 Å². The highest BCUT2D eigenvalue weighted by atomic mass is 127. The summed E-state index contributed by atoms with van der Waals surface area (Å²) in [4.78, 5) is 0. The van der Waals surface area contributed by atoms with Crippen LogP contribution in [0.15, 0.2) is 11.6 Å². The van der Waals surface area contributed by atoms with Crippen molar-refractivity contribution in [2.45, 2.75) is 45.8 Å². The lowest BCUT2D eigenvalue weighted by Gasteiger charge is -2.16. The minimum Gasteiger partial charge on any atom is -0.350 e. The average molecular weight is 338 g/mol. The molecule has 1 unspecified atom stereocenters. The van der Waals surface area contributed by atoms with Gasteiger partial charge in [-0.05, 0) is 37.0 Å². The van der Waals surface area contributed by atoms with Crippen molar-refractivity contribution in [3.05, 3.63) is 11.6 Å². The first kappa shape index (κ1) is 14.5. The molecule has 3 heteroatoms. The molecule has 94 valence electrons. The molecule has 0 radical (unpaired) electrons. The van der Waals surface area contributed by atoms with Crippen LogP contribution in [0.3, 0.4) is 0 Å². The summed E-state index contributed by atoms with van der Waals surface area (Å²) < 4.78 is 12.2. The van der Waals surface area contributed by atoms with Crippen LogP contribution < -0.4 is 0 Å². The van der Waals surface area contributed by atoms with Gasteiger partial charge in [0, 0.05) is 5.92 Å². The number of hydrogen-bond acceptors (Lipinski definition) is 2. The second-order valence-corrected chi connectivity index (χ2v) is 5.59. The number of hydrogen-bond donors (Lipinski definition) is 0. The van der Waals surface area contributed by atoms with E-state index < -0.39 is 0 Å². The highest BCUT2D eigenvalue weighted by Gasteiger charge is 2.22. The topological polar surface area (TPSA) is 18.5 Å². The molecule has 1 fully saturated rings. The predicted molar refractivity (Wildman–Crippen MR) is 76.0 cm³/mol. The molecular formula is C13H23IO2. The van der Waals surface area contributed by atoms with E-state index in [-0.39, 0.29) is 6.29 Å². The molecule has 0 aromatic carbocycles. The predicted octanol–water partition coefficient (Wildman–Crippen LogP) is 3.94. The number of halogens is 1. The average Bonchev–Trinajstić information content (AvgIpc) is 2.79. The summed E-state index contributed by atoms with van der Waals surface area (Å²) in [5.41, 5.74) is 1.53. The van der Waals surface area contributed by atoms with Crippen LogP contribution in [0.25, 0.3) is 0 Å². The first-order chi connectivity index (χ1) is 7.74. The van der Waals surface area contributed by atoms with Gasteiger partial charge in [0.25, 0.3) is 0 Å². The molecule has 1 heterocycles. The molecule has 0 N–H and O–H groups in total. The molecule has 2 nitrogen and oxygen atoms in total. The maximum absolute atomic E-state index is 5.49. The Bertz CT molecular complexity index is 210. The lowest BCUT2D eigenvalue weighted by atomic mass is 10.0. The second-order valence-electron chi connectivity index (χ2n) is 4.51. The minimum atomic E-state index is 0.0445. The summed E-state index contributed by atoms with van der Waals surface area (Å²) in [6, 6.07) is 0. The van der Waals surface area contributed by atoms with Crippen molar-refractivity contribution in [2.24, 2.45) is 5.92 Å². The van der Waals surface area contributed by atoms with Crippen molar-refractivity contribution in [1.82, 2.24) is 0 Å². The Balaban J connectivity index is 2.13. The van der Waals surface area contributed by atoms with Gasteiger partial charge in [-0.2, -0.15) is 0 Å². The quantitative estimate of drug-likeness (QED) is 0.398. The van der Waals surface area contributed by atoms with E-state index in [4.69, 9.17) is 9.47 Å². The van der Waals surface area contributed by atoms with E-state index in [9.17, 15) is 0 Å². The molecule has 0 amide bonds. The first-order valence-electron chi connectivity index (χ1n) is 6.19. The van der Waals surface area contributed by atoms with Gasteiger partial charge in [0.1, 0.15) is 0 Å². The third kappa shape index (κ3) is 5.64. The van der Waals surface area contributed by atoms with Gasteiger partial charge < -0.3 is 9.47 Å². The van der Waals surface area contributed by atoms with Crippen molar-refractivity contribution in [2.75, 3.05) is 17.6 Å².